The van der Waals surface area contributed by atoms with E-state index in [0.717, 1.165) is 116 Å². The fourth-order valence-corrected chi connectivity index (χ4v) is 7.13. The van der Waals surface area contributed by atoms with Crippen molar-refractivity contribution in [3.8, 4) is 0 Å². The topological polar surface area (TPSA) is 78.9 Å². The molecular weight excluding hydrogens is 829 g/mol. The Labute approximate surface area is 412 Å². The molecule has 0 aliphatic rings. The molecule has 0 saturated heterocycles. The van der Waals surface area contributed by atoms with Crippen LogP contribution in [0.5, 0.6) is 0 Å². The van der Waals surface area contributed by atoms with Crippen LogP contribution in [-0.4, -0.2) is 37.2 Å². The van der Waals surface area contributed by atoms with E-state index in [1.165, 1.54) is 77.0 Å². The summed E-state index contributed by atoms with van der Waals surface area (Å²) in [5.74, 6) is -1.00. The van der Waals surface area contributed by atoms with Crippen molar-refractivity contribution in [1.82, 2.24) is 0 Å². The van der Waals surface area contributed by atoms with Gasteiger partial charge in [0.05, 0.1) is 0 Å². The van der Waals surface area contributed by atoms with Gasteiger partial charge in [-0.2, -0.15) is 0 Å². The predicted octanol–water partition coefficient (Wildman–Crippen LogP) is 18.3. The lowest BCUT2D eigenvalue weighted by molar-refractivity contribution is -0.167. The fourth-order valence-electron chi connectivity index (χ4n) is 7.13. The van der Waals surface area contributed by atoms with Crippen molar-refractivity contribution in [2.45, 2.75) is 245 Å². The van der Waals surface area contributed by atoms with Crippen molar-refractivity contribution in [3.63, 3.8) is 0 Å². The third kappa shape index (κ3) is 52.9. The van der Waals surface area contributed by atoms with E-state index in [9.17, 15) is 14.4 Å². The molecule has 0 aliphatic heterocycles. The van der Waals surface area contributed by atoms with E-state index in [1.54, 1.807) is 0 Å². The lowest BCUT2D eigenvalue weighted by atomic mass is 10.1. The van der Waals surface area contributed by atoms with Gasteiger partial charge in [0, 0.05) is 19.3 Å². The molecule has 0 aliphatic carbocycles. The Hall–Kier alpha value is -3.93. The van der Waals surface area contributed by atoms with E-state index in [2.05, 4.69) is 130 Å². The first-order valence-electron chi connectivity index (χ1n) is 27.4. The standard InChI is InChI=1S/C61H100O6/c1-4-7-10-13-16-19-22-25-28-30-33-35-38-41-44-47-50-53-59(62)65-56-58(67-61(64)55-52-49-46-43-40-37-32-27-24-21-18-15-12-9-6-3)57-66-60(63)54-51-48-45-42-39-36-34-31-29-26-23-20-17-14-11-8-5-2/h7,10,16-17,19-20,25-29,32-36,42,45,58H,4-6,8-9,11-15,18,21-24,30-31,37-41,43-44,46-57H2,1-3H3/b10-7-,19-16-,20-17-,28-25-,29-26-,32-27-,35-33-,36-34-,45-42-/t58-/m1/s1. The van der Waals surface area contributed by atoms with Crippen molar-refractivity contribution in [1.29, 1.82) is 0 Å². The molecule has 6 nitrogen and oxygen atoms in total. The van der Waals surface area contributed by atoms with Crippen LogP contribution in [0.25, 0.3) is 0 Å². The Bertz CT molecular complexity index is 1390. The van der Waals surface area contributed by atoms with Gasteiger partial charge >= 0.3 is 17.9 Å². The molecule has 0 aromatic rings. The van der Waals surface area contributed by atoms with Gasteiger partial charge in [0.2, 0.25) is 0 Å². The highest BCUT2D eigenvalue weighted by Gasteiger charge is 2.19. The first-order chi connectivity index (χ1) is 33.0. The van der Waals surface area contributed by atoms with Gasteiger partial charge in [0.1, 0.15) is 13.2 Å². The molecule has 0 fully saturated rings. The zero-order valence-corrected chi connectivity index (χ0v) is 43.4. The molecule has 380 valence electrons. The summed E-state index contributed by atoms with van der Waals surface area (Å²) in [7, 11) is 0. The molecule has 0 radical (unpaired) electrons. The summed E-state index contributed by atoms with van der Waals surface area (Å²) in [5.41, 5.74) is 0. The van der Waals surface area contributed by atoms with Gasteiger partial charge in [-0.1, -0.05) is 207 Å². The summed E-state index contributed by atoms with van der Waals surface area (Å²) in [6.45, 7) is 6.41. The Balaban J connectivity index is 4.54. The SMILES string of the molecule is CC/C=C\C/C=C\C/C=C\C/C=C\CCCCCCC(=O)OC[C@H](COC(=O)CCC/C=C\C/C=C\C/C=C\C/C=C\CCCCC)OC(=O)CCCCCCC/C=C\CCCCCCCC. The van der Waals surface area contributed by atoms with Gasteiger partial charge in [-0.25, -0.2) is 0 Å². The van der Waals surface area contributed by atoms with E-state index < -0.39 is 6.10 Å². The third-order valence-corrected chi connectivity index (χ3v) is 11.2. The maximum Gasteiger partial charge on any atom is 0.306 e. The van der Waals surface area contributed by atoms with Crippen molar-refractivity contribution < 1.29 is 28.6 Å². The smallest absolute Gasteiger partial charge is 0.306 e. The number of esters is 3. The Kier molecular flexibility index (Phi) is 51.5. The van der Waals surface area contributed by atoms with Gasteiger partial charge in [-0.15, -0.1) is 0 Å². The van der Waals surface area contributed by atoms with Crippen LogP contribution >= 0.6 is 0 Å². The van der Waals surface area contributed by atoms with Crippen molar-refractivity contribution in [3.05, 3.63) is 109 Å². The zero-order chi connectivity index (χ0) is 48.6. The molecule has 0 saturated carbocycles. The van der Waals surface area contributed by atoms with Crippen LogP contribution in [0.3, 0.4) is 0 Å². The molecule has 6 heteroatoms. The highest BCUT2D eigenvalue weighted by atomic mass is 16.6. The Morgan fingerprint density at radius 3 is 1.01 bits per heavy atom. The number of carbonyl (C=O) groups is 3. The predicted molar refractivity (Wildman–Crippen MR) is 288 cm³/mol. The largest absolute Gasteiger partial charge is 0.462 e. The van der Waals surface area contributed by atoms with Crippen LogP contribution < -0.4 is 0 Å². The summed E-state index contributed by atoms with van der Waals surface area (Å²) >= 11 is 0. The van der Waals surface area contributed by atoms with E-state index in [0.29, 0.717) is 19.3 Å². The quantitative estimate of drug-likeness (QED) is 0.0262. The van der Waals surface area contributed by atoms with Crippen LogP contribution in [0.4, 0.5) is 0 Å². The number of allylic oxidation sites excluding steroid dienone is 18. The molecule has 0 N–H and O–H groups in total. The molecule has 0 spiro atoms. The van der Waals surface area contributed by atoms with Crippen molar-refractivity contribution in [2.24, 2.45) is 0 Å². The maximum atomic E-state index is 12.8. The minimum absolute atomic E-state index is 0.113. The second-order valence-corrected chi connectivity index (χ2v) is 17.7. The summed E-state index contributed by atoms with van der Waals surface area (Å²) in [6, 6.07) is 0. The molecule has 0 bridgehead atoms. The maximum absolute atomic E-state index is 12.8. The van der Waals surface area contributed by atoms with Gasteiger partial charge in [0.15, 0.2) is 6.10 Å². The summed E-state index contributed by atoms with van der Waals surface area (Å²) in [6.07, 6.45) is 73.6. The van der Waals surface area contributed by atoms with Crippen LogP contribution in [0, 0.1) is 0 Å². The van der Waals surface area contributed by atoms with Crippen LogP contribution in [-0.2, 0) is 28.6 Å². The van der Waals surface area contributed by atoms with E-state index in [4.69, 9.17) is 14.2 Å². The van der Waals surface area contributed by atoms with Gasteiger partial charge < -0.3 is 14.2 Å². The Morgan fingerprint density at radius 1 is 0.313 bits per heavy atom. The highest BCUT2D eigenvalue weighted by Crippen LogP contribution is 2.13. The van der Waals surface area contributed by atoms with Crippen LogP contribution in [0.2, 0.25) is 0 Å². The second kappa shape index (κ2) is 54.7. The summed E-state index contributed by atoms with van der Waals surface area (Å²) in [4.78, 5) is 38.1. The van der Waals surface area contributed by atoms with E-state index >= 15 is 0 Å². The molecule has 0 amide bonds. The number of ether oxygens (including phenoxy) is 3. The number of carbonyl (C=O) groups excluding carboxylic acids is 3. The molecule has 0 rings (SSSR count). The first kappa shape index (κ1) is 63.1. The summed E-state index contributed by atoms with van der Waals surface area (Å²) in [5, 5.41) is 0. The van der Waals surface area contributed by atoms with Gasteiger partial charge in [-0.3, -0.25) is 14.4 Å². The number of hydrogen-bond acceptors (Lipinski definition) is 6. The van der Waals surface area contributed by atoms with Crippen LogP contribution in [0.15, 0.2) is 109 Å². The van der Waals surface area contributed by atoms with Gasteiger partial charge in [0.25, 0.3) is 0 Å². The zero-order valence-electron chi connectivity index (χ0n) is 43.4. The lowest BCUT2D eigenvalue weighted by Gasteiger charge is -2.18. The lowest BCUT2D eigenvalue weighted by Crippen LogP contribution is -2.30. The monoisotopic (exact) mass is 929 g/mol. The van der Waals surface area contributed by atoms with E-state index in [1.807, 2.05) is 0 Å². The number of rotatable bonds is 48. The number of unbranched alkanes of at least 4 members (excludes halogenated alkanes) is 19. The van der Waals surface area contributed by atoms with Gasteiger partial charge in [-0.05, 0) is 122 Å². The molecule has 67 heavy (non-hydrogen) atoms. The minimum Gasteiger partial charge on any atom is -0.462 e. The molecule has 1 atom stereocenters. The second-order valence-electron chi connectivity index (χ2n) is 17.7. The fraction of sp³-hybridized carbons (Fsp3) is 0.656. The average Bonchev–Trinajstić information content (AvgIpc) is 3.33. The normalized spacial score (nSPS) is 12.9. The molecule has 0 aromatic heterocycles. The Morgan fingerprint density at radius 2 is 0.597 bits per heavy atom. The molecule has 0 unspecified atom stereocenters. The minimum atomic E-state index is -0.817. The third-order valence-electron chi connectivity index (χ3n) is 11.2. The molecule has 0 aromatic carbocycles. The van der Waals surface area contributed by atoms with Crippen LogP contribution in [0.1, 0.15) is 239 Å². The first-order valence-corrected chi connectivity index (χ1v) is 27.4. The van der Waals surface area contributed by atoms with Crippen molar-refractivity contribution in [2.75, 3.05) is 13.2 Å². The molecular formula is C61H100O6. The molecule has 0 heterocycles. The summed E-state index contributed by atoms with van der Waals surface area (Å²) < 4.78 is 16.8. The average molecular weight is 929 g/mol. The highest BCUT2D eigenvalue weighted by molar-refractivity contribution is 5.71. The van der Waals surface area contributed by atoms with Crippen molar-refractivity contribution >= 4 is 17.9 Å². The number of hydrogen-bond donors (Lipinski definition) is 0. The van der Waals surface area contributed by atoms with E-state index in [-0.39, 0.29) is 37.5 Å².